The van der Waals surface area contributed by atoms with Crippen LogP contribution in [0.25, 0.3) is 0 Å². The molecule has 2 aromatic rings. The summed E-state index contributed by atoms with van der Waals surface area (Å²) in [7, 11) is 5.74. The van der Waals surface area contributed by atoms with Gasteiger partial charge in [-0.1, -0.05) is 18.2 Å². The first-order chi connectivity index (χ1) is 12.0. The standard InChI is InChI=1S/C18H27N5OS/c1-13-8-6-7-9-16(13)24-14(2)10-20-17(19-3)21-11-15-12-25-18(22-15)23(4)5/h6-9,12,14H,10-11H2,1-5H3,(H2,19,20,21). The summed E-state index contributed by atoms with van der Waals surface area (Å²) in [5, 5.41) is 9.62. The SMILES string of the molecule is CN=C(NCc1csc(N(C)C)n1)NCC(C)Oc1ccccc1C. The molecule has 0 amide bonds. The Hall–Kier alpha value is -2.28. The minimum atomic E-state index is 0.0271. The second-order valence-corrected chi connectivity index (χ2v) is 6.85. The summed E-state index contributed by atoms with van der Waals surface area (Å²) in [6, 6.07) is 8.03. The summed E-state index contributed by atoms with van der Waals surface area (Å²) in [5.41, 5.74) is 2.14. The second-order valence-electron chi connectivity index (χ2n) is 6.02. The van der Waals surface area contributed by atoms with Gasteiger partial charge in [-0.2, -0.15) is 0 Å². The zero-order valence-corrected chi connectivity index (χ0v) is 16.4. The molecule has 0 fully saturated rings. The van der Waals surface area contributed by atoms with Crippen LogP contribution in [0, 0.1) is 6.92 Å². The Bertz CT molecular complexity index is 698. The van der Waals surface area contributed by atoms with E-state index in [0.29, 0.717) is 13.1 Å². The molecule has 7 heteroatoms. The zero-order valence-electron chi connectivity index (χ0n) is 15.5. The Morgan fingerprint density at radius 3 is 2.72 bits per heavy atom. The van der Waals surface area contributed by atoms with E-state index in [0.717, 1.165) is 28.1 Å². The van der Waals surface area contributed by atoms with E-state index in [9.17, 15) is 0 Å². The molecule has 0 aliphatic heterocycles. The van der Waals surface area contributed by atoms with Crippen molar-refractivity contribution in [3.8, 4) is 5.75 Å². The highest BCUT2D eigenvalue weighted by Crippen LogP contribution is 2.18. The first kappa shape index (κ1) is 19.1. The summed E-state index contributed by atoms with van der Waals surface area (Å²) in [6.45, 7) is 5.38. The number of nitrogens with zero attached hydrogens (tertiary/aromatic N) is 3. The monoisotopic (exact) mass is 361 g/mol. The number of rotatable bonds is 7. The van der Waals surface area contributed by atoms with Gasteiger partial charge in [0.1, 0.15) is 11.9 Å². The van der Waals surface area contributed by atoms with Crippen LogP contribution in [0.4, 0.5) is 5.13 Å². The first-order valence-electron chi connectivity index (χ1n) is 8.28. The maximum Gasteiger partial charge on any atom is 0.191 e. The predicted molar refractivity (Wildman–Crippen MR) is 106 cm³/mol. The van der Waals surface area contributed by atoms with Gasteiger partial charge in [-0.05, 0) is 25.5 Å². The number of guanidine groups is 1. The van der Waals surface area contributed by atoms with Crippen molar-refractivity contribution < 1.29 is 4.74 Å². The van der Waals surface area contributed by atoms with Crippen molar-refractivity contribution in [2.75, 3.05) is 32.6 Å². The number of anilines is 1. The summed E-state index contributed by atoms with van der Waals surface area (Å²) in [6.07, 6.45) is 0.0271. The summed E-state index contributed by atoms with van der Waals surface area (Å²) < 4.78 is 5.97. The van der Waals surface area contributed by atoms with Crippen LogP contribution >= 0.6 is 11.3 Å². The van der Waals surface area contributed by atoms with Gasteiger partial charge in [0.2, 0.25) is 0 Å². The molecule has 1 heterocycles. The molecular weight excluding hydrogens is 334 g/mol. The van der Waals surface area contributed by atoms with E-state index in [1.807, 2.05) is 57.1 Å². The average molecular weight is 362 g/mol. The molecule has 0 spiro atoms. The molecule has 0 radical (unpaired) electrons. The van der Waals surface area contributed by atoms with Crippen LogP contribution in [0.3, 0.4) is 0 Å². The number of aryl methyl sites for hydroxylation is 1. The number of hydrogen-bond acceptors (Lipinski definition) is 5. The fourth-order valence-corrected chi connectivity index (χ4v) is 2.92. The lowest BCUT2D eigenvalue weighted by Crippen LogP contribution is -2.41. The summed E-state index contributed by atoms with van der Waals surface area (Å²) >= 11 is 1.63. The molecule has 6 nitrogen and oxygen atoms in total. The van der Waals surface area contributed by atoms with E-state index in [-0.39, 0.29) is 6.10 Å². The smallest absolute Gasteiger partial charge is 0.191 e. The summed E-state index contributed by atoms with van der Waals surface area (Å²) in [5.74, 6) is 1.65. The van der Waals surface area contributed by atoms with E-state index in [4.69, 9.17) is 4.74 Å². The van der Waals surface area contributed by atoms with Crippen molar-refractivity contribution in [1.29, 1.82) is 0 Å². The largest absolute Gasteiger partial charge is 0.489 e. The molecule has 1 atom stereocenters. The molecule has 2 N–H and O–H groups in total. The lowest BCUT2D eigenvalue weighted by Gasteiger charge is -2.18. The normalized spacial score (nSPS) is 12.6. The van der Waals surface area contributed by atoms with Crippen molar-refractivity contribution in [3.63, 3.8) is 0 Å². The van der Waals surface area contributed by atoms with Crippen LogP contribution in [0.1, 0.15) is 18.2 Å². The summed E-state index contributed by atoms with van der Waals surface area (Å²) in [4.78, 5) is 10.8. The number of benzene rings is 1. The number of hydrogen-bond donors (Lipinski definition) is 2. The molecule has 0 saturated heterocycles. The van der Waals surface area contributed by atoms with Gasteiger partial charge in [-0.15, -0.1) is 11.3 Å². The molecule has 1 unspecified atom stereocenters. The molecular formula is C18H27N5OS. The molecule has 136 valence electrons. The number of ether oxygens (including phenoxy) is 1. The number of thiazole rings is 1. The minimum Gasteiger partial charge on any atom is -0.489 e. The van der Waals surface area contributed by atoms with Gasteiger partial charge < -0.3 is 20.3 Å². The lowest BCUT2D eigenvalue weighted by atomic mass is 10.2. The third kappa shape index (κ3) is 5.94. The topological polar surface area (TPSA) is 61.8 Å². The molecule has 1 aromatic heterocycles. The zero-order chi connectivity index (χ0) is 18.2. The highest BCUT2D eigenvalue weighted by atomic mass is 32.1. The van der Waals surface area contributed by atoms with Crippen molar-refractivity contribution in [3.05, 3.63) is 40.9 Å². The fraction of sp³-hybridized carbons (Fsp3) is 0.444. The fourth-order valence-electron chi connectivity index (χ4n) is 2.17. The minimum absolute atomic E-state index is 0.0271. The van der Waals surface area contributed by atoms with Crippen molar-refractivity contribution in [2.24, 2.45) is 4.99 Å². The van der Waals surface area contributed by atoms with Crippen molar-refractivity contribution in [2.45, 2.75) is 26.5 Å². The van der Waals surface area contributed by atoms with E-state index in [2.05, 4.69) is 26.0 Å². The Kier molecular flexibility index (Phi) is 7.06. The molecule has 0 aliphatic rings. The highest BCUT2D eigenvalue weighted by molar-refractivity contribution is 7.13. The van der Waals surface area contributed by atoms with Gasteiger partial charge in [0.05, 0.1) is 18.8 Å². The molecule has 0 aliphatic carbocycles. The van der Waals surface area contributed by atoms with Gasteiger partial charge >= 0.3 is 0 Å². The molecule has 0 saturated carbocycles. The van der Waals surface area contributed by atoms with Gasteiger partial charge in [-0.3, -0.25) is 4.99 Å². The van der Waals surface area contributed by atoms with E-state index in [1.54, 1.807) is 18.4 Å². The van der Waals surface area contributed by atoms with Gasteiger partial charge in [-0.25, -0.2) is 4.98 Å². The Balaban J connectivity index is 1.78. The van der Waals surface area contributed by atoms with Gasteiger partial charge in [0.15, 0.2) is 11.1 Å². The van der Waals surface area contributed by atoms with Gasteiger partial charge in [0, 0.05) is 26.5 Å². The van der Waals surface area contributed by atoms with Crippen molar-refractivity contribution >= 4 is 22.4 Å². The molecule has 0 bridgehead atoms. The molecule has 25 heavy (non-hydrogen) atoms. The second kappa shape index (κ2) is 9.27. The van der Waals surface area contributed by atoms with Crippen LogP contribution in [0.15, 0.2) is 34.6 Å². The predicted octanol–water partition coefficient (Wildman–Crippen LogP) is 2.65. The lowest BCUT2D eigenvalue weighted by molar-refractivity contribution is 0.222. The van der Waals surface area contributed by atoms with Crippen LogP contribution in [-0.2, 0) is 6.54 Å². The van der Waals surface area contributed by atoms with Gasteiger partial charge in [0.25, 0.3) is 0 Å². The third-order valence-electron chi connectivity index (χ3n) is 3.56. The maximum atomic E-state index is 5.97. The van der Waals surface area contributed by atoms with E-state index in [1.165, 1.54) is 0 Å². The first-order valence-corrected chi connectivity index (χ1v) is 9.16. The Morgan fingerprint density at radius 2 is 2.08 bits per heavy atom. The Labute approximate surface area is 154 Å². The Morgan fingerprint density at radius 1 is 1.32 bits per heavy atom. The van der Waals surface area contributed by atoms with Crippen LogP contribution in [-0.4, -0.2) is 44.7 Å². The van der Waals surface area contributed by atoms with E-state index < -0.39 is 0 Å². The van der Waals surface area contributed by atoms with Crippen LogP contribution < -0.4 is 20.3 Å². The maximum absolute atomic E-state index is 5.97. The quantitative estimate of drug-likeness (QED) is 0.586. The highest BCUT2D eigenvalue weighted by Gasteiger charge is 2.08. The molecule has 1 aromatic carbocycles. The third-order valence-corrected chi connectivity index (χ3v) is 4.62. The number of nitrogens with one attached hydrogen (secondary N) is 2. The average Bonchev–Trinajstić information content (AvgIpc) is 3.06. The number of para-hydroxylation sites is 1. The number of aliphatic imine (C=N–C) groups is 1. The number of aromatic nitrogens is 1. The van der Waals surface area contributed by atoms with Crippen molar-refractivity contribution in [1.82, 2.24) is 15.6 Å². The van der Waals surface area contributed by atoms with Crippen LogP contribution in [0.5, 0.6) is 5.75 Å². The van der Waals surface area contributed by atoms with E-state index >= 15 is 0 Å². The molecule has 2 rings (SSSR count). The van der Waals surface area contributed by atoms with Crippen LogP contribution in [0.2, 0.25) is 0 Å².